The van der Waals surface area contributed by atoms with Gasteiger partial charge >= 0.3 is 0 Å². The Morgan fingerprint density at radius 2 is 2.17 bits per heavy atom. The molecule has 2 aromatic rings. The molecule has 2 rings (SSSR count). The van der Waals surface area contributed by atoms with E-state index < -0.39 is 0 Å². The second-order valence-corrected chi connectivity index (χ2v) is 5.69. The lowest BCUT2D eigenvalue weighted by atomic mass is 10.0. The number of anilines is 1. The van der Waals surface area contributed by atoms with Crippen molar-refractivity contribution in [3.8, 4) is 0 Å². The molecule has 2 nitrogen and oxygen atoms in total. The Kier molecular flexibility index (Phi) is 5.26. The highest BCUT2D eigenvalue weighted by Crippen LogP contribution is 2.27. The number of fused-ring (bicyclic) bond motifs is 1. The van der Waals surface area contributed by atoms with Gasteiger partial charge in [-0.1, -0.05) is 25.5 Å². The average Bonchev–Trinajstić information content (AvgIpc) is 2.80. The quantitative estimate of drug-likeness (QED) is 0.741. The minimum absolute atomic E-state index is 0.661. The largest absolute Gasteiger partial charge is 0.375 e. The van der Waals surface area contributed by atoms with E-state index in [0.29, 0.717) is 5.92 Å². The van der Waals surface area contributed by atoms with E-state index in [0.717, 1.165) is 24.4 Å². The van der Waals surface area contributed by atoms with Gasteiger partial charge in [-0.25, -0.2) is 0 Å². The summed E-state index contributed by atoms with van der Waals surface area (Å²) in [4.78, 5) is 0. The van der Waals surface area contributed by atoms with Gasteiger partial charge in [-0.05, 0) is 42.4 Å². The zero-order valence-electron chi connectivity index (χ0n) is 10.7. The third-order valence-electron chi connectivity index (χ3n) is 3.15. The van der Waals surface area contributed by atoms with Crippen LogP contribution >= 0.6 is 23.1 Å². The van der Waals surface area contributed by atoms with E-state index >= 15 is 0 Å². The van der Waals surface area contributed by atoms with Gasteiger partial charge in [0.1, 0.15) is 5.00 Å². The summed E-state index contributed by atoms with van der Waals surface area (Å²) in [5.41, 5.74) is 1.08. The van der Waals surface area contributed by atoms with Crippen LogP contribution in [0, 0.1) is 5.92 Å². The number of nitrogens with one attached hydrogen (secondary N) is 1. The average molecular weight is 283 g/mol. The van der Waals surface area contributed by atoms with Crippen LogP contribution in [0.2, 0.25) is 0 Å². The smallest absolute Gasteiger partial charge is 0.117 e. The summed E-state index contributed by atoms with van der Waals surface area (Å²) in [6.07, 6.45) is 3.53. The van der Waals surface area contributed by atoms with Crippen LogP contribution in [-0.4, -0.2) is 16.8 Å². The third-order valence-corrected chi connectivity index (χ3v) is 4.20. The molecule has 0 bridgehead atoms. The Bertz CT molecular complexity index is 477. The first kappa shape index (κ1) is 13.6. The zero-order valence-corrected chi connectivity index (χ0v) is 12.2. The van der Waals surface area contributed by atoms with Gasteiger partial charge in [0.05, 0.1) is 5.52 Å². The molecule has 1 aromatic heterocycles. The summed E-state index contributed by atoms with van der Waals surface area (Å²) in [6, 6.07) is 8.26. The maximum absolute atomic E-state index is 5.85. The van der Waals surface area contributed by atoms with E-state index in [9.17, 15) is 0 Å². The highest BCUT2D eigenvalue weighted by molar-refractivity contribution is 7.11. The first-order valence-electron chi connectivity index (χ1n) is 6.49. The minimum Gasteiger partial charge on any atom is -0.375 e. The Labute approximate surface area is 118 Å². The number of benzene rings is 1. The van der Waals surface area contributed by atoms with Crippen molar-refractivity contribution in [1.82, 2.24) is 4.37 Å². The van der Waals surface area contributed by atoms with Crippen LogP contribution in [0.15, 0.2) is 24.3 Å². The molecule has 0 spiro atoms. The van der Waals surface area contributed by atoms with Crippen molar-refractivity contribution >= 4 is 39.0 Å². The van der Waals surface area contributed by atoms with Gasteiger partial charge < -0.3 is 5.32 Å². The molecule has 1 aromatic carbocycles. The van der Waals surface area contributed by atoms with Crippen LogP contribution in [0.4, 0.5) is 5.00 Å². The fourth-order valence-electron chi connectivity index (χ4n) is 2.16. The molecule has 1 unspecified atom stereocenters. The fourth-order valence-corrected chi connectivity index (χ4v) is 3.24. The molecular formula is C14H19ClN2S. The van der Waals surface area contributed by atoms with Crippen molar-refractivity contribution in [1.29, 1.82) is 0 Å². The van der Waals surface area contributed by atoms with Gasteiger partial charge in [-0.2, -0.15) is 4.37 Å². The molecule has 18 heavy (non-hydrogen) atoms. The number of hydrogen-bond donors (Lipinski definition) is 1. The van der Waals surface area contributed by atoms with E-state index in [4.69, 9.17) is 11.6 Å². The zero-order chi connectivity index (χ0) is 12.8. The predicted octanol–water partition coefficient (Wildman–Crippen LogP) is 4.75. The number of rotatable bonds is 7. The van der Waals surface area contributed by atoms with Crippen LogP contribution in [-0.2, 0) is 0 Å². The van der Waals surface area contributed by atoms with E-state index in [2.05, 4.69) is 34.8 Å². The van der Waals surface area contributed by atoms with Crippen molar-refractivity contribution < 1.29 is 0 Å². The van der Waals surface area contributed by atoms with Gasteiger partial charge in [-0.15, -0.1) is 11.6 Å². The van der Waals surface area contributed by atoms with E-state index in [1.54, 1.807) is 11.5 Å². The normalized spacial score (nSPS) is 12.8. The van der Waals surface area contributed by atoms with Gasteiger partial charge in [0, 0.05) is 17.8 Å². The molecule has 0 aliphatic carbocycles. The molecule has 1 N–H and O–H groups in total. The molecule has 0 fully saturated rings. The van der Waals surface area contributed by atoms with E-state index in [-0.39, 0.29) is 0 Å². The first-order chi connectivity index (χ1) is 8.85. The Morgan fingerprint density at radius 3 is 2.94 bits per heavy atom. The Hall–Kier alpha value is -0.800. The van der Waals surface area contributed by atoms with Crippen molar-refractivity contribution in [3.63, 3.8) is 0 Å². The van der Waals surface area contributed by atoms with Crippen molar-refractivity contribution in [3.05, 3.63) is 24.3 Å². The molecule has 0 saturated carbocycles. The molecular weight excluding hydrogens is 264 g/mol. The first-order valence-corrected chi connectivity index (χ1v) is 7.80. The molecule has 1 heterocycles. The molecule has 1 atom stereocenters. The summed E-state index contributed by atoms with van der Waals surface area (Å²) in [5, 5.41) is 5.94. The topological polar surface area (TPSA) is 24.9 Å². The molecule has 4 heteroatoms. The lowest BCUT2D eigenvalue weighted by Crippen LogP contribution is -2.14. The van der Waals surface area contributed by atoms with Crippen molar-refractivity contribution in [2.24, 2.45) is 5.92 Å². The number of halogens is 1. The number of aromatic nitrogens is 1. The highest BCUT2D eigenvalue weighted by atomic mass is 35.5. The van der Waals surface area contributed by atoms with E-state index in [1.807, 2.05) is 6.07 Å². The summed E-state index contributed by atoms with van der Waals surface area (Å²) in [5.74, 6) is 1.41. The molecule has 0 amide bonds. The second-order valence-electron chi connectivity index (χ2n) is 4.54. The highest BCUT2D eigenvalue weighted by Gasteiger charge is 2.09. The standard InChI is InChI=1S/C14H19ClN2S/c1-2-5-11(8-9-15)10-16-14-12-6-3-4-7-13(12)17-18-14/h3-4,6-7,11,16H,2,5,8-10H2,1H3. The Balaban J connectivity index is 2.00. The van der Waals surface area contributed by atoms with Crippen LogP contribution in [0.3, 0.4) is 0 Å². The third kappa shape index (κ3) is 3.36. The van der Waals surface area contributed by atoms with E-state index in [1.165, 1.54) is 23.2 Å². The summed E-state index contributed by atoms with van der Waals surface area (Å²) < 4.78 is 4.44. The Morgan fingerprint density at radius 1 is 1.33 bits per heavy atom. The molecule has 0 aliphatic rings. The molecule has 0 saturated heterocycles. The van der Waals surface area contributed by atoms with Crippen LogP contribution in [0.1, 0.15) is 26.2 Å². The lowest BCUT2D eigenvalue weighted by molar-refractivity contribution is 0.491. The van der Waals surface area contributed by atoms with Gasteiger partial charge in [0.25, 0.3) is 0 Å². The van der Waals surface area contributed by atoms with Crippen molar-refractivity contribution in [2.45, 2.75) is 26.2 Å². The summed E-state index contributed by atoms with van der Waals surface area (Å²) in [6.45, 7) is 3.22. The summed E-state index contributed by atoms with van der Waals surface area (Å²) in [7, 11) is 0. The number of hydrogen-bond acceptors (Lipinski definition) is 3. The SMILES string of the molecule is CCCC(CCCl)CNc1snc2ccccc12. The lowest BCUT2D eigenvalue weighted by Gasteiger charge is -2.15. The van der Waals surface area contributed by atoms with Crippen LogP contribution in [0.5, 0.6) is 0 Å². The minimum atomic E-state index is 0.661. The summed E-state index contributed by atoms with van der Waals surface area (Å²) >= 11 is 7.40. The maximum Gasteiger partial charge on any atom is 0.117 e. The fraction of sp³-hybridized carbons (Fsp3) is 0.500. The van der Waals surface area contributed by atoms with Gasteiger partial charge in [0.15, 0.2) is 0 Å². The predicted molar refractivity (Wildman–Crippen MR) is 81.8 cm³/mol. The molecule has 0 aliphatic heterocycles. The van der Waals surface area contributed by atoms with Crippen LogP contribution < -0.4 is 5.32 Å². The number of alkyl halides is 1. The van der Waals surface area contributed by atoms with Crippen LogP contribution in [0.25, 0.3) is 10.9 Å². The molecule has 98 valence electrons. The van der Waals surface area contributed by atoms with Gasteiger partial charge in [-0.3, -0.25) is 0 Å². The molecule has 0 radical (unpaired) electrons. The van der Waals surface area contributed by atoms with Gasteiger partial charge in [0.2, 0.25) is 0 Å². The second kappa shape index (κ2) is 6.95. The maximum atomic E-state index is 5.85. The monoisotopic (exact) mass is 282 g/mol. The number of nitrogens with zero attached hydrogens (tertiary/aromatic N) is 1. The van der Waals surface area contributed by atoms with Crippen molar-refractivity contribution in [2.75, 3.05) is 17.7 Å².